The number of phenolic OH excluding ortho intramolecular Hbond substituents is 1. The number of nitrogens with zero attached hydrogens (tertiary/aromatic N) is 2. The summed E-state index contributed by atoms with van der Waals surface area (Å²) in [7, 11) is 0. The second-order valence-electron chi connectivity index (χ2n) is 6.60. The van der Waals surface area contributed by atoms with Gasteiger partial charge in [0.15, 0.2) is 0 Å². The Labute approximate surface area is 218 Å². The SMILES string of the molecule is CCc1c(-c2ccc(O)cc2)noc1CCC(=O)Nc1cn(CC)cc1C(=O)O.[H-].[K+]. The van der Waals surface area contributed by atoms with Crippen molar-refractivity contribution in [2.75, 3.05) is 5.32 Å². The molecule has 30 heavy (non-hydrogen) atoms. The predicted octanol–water partition coefficient (Wildman–Crippen LogP) is 0.817. The van der Waals surface area contributed by atoms with E-state index in [1.165, 1.54) is 6.20 Å². The van der Waals surface area contributed by atoms with E-state index in [2.05, 4.69) is 10.5 Å². The van der Waals surface area contributed by atoms with E-state index in [-0.39, 0.29) is 82.1 Å². The molecule has 0 aliphatic carbocycles. The van der Waals surface area contributed by atoms with E-state index in [4.69, 9.17) is 4.52 Å². The third kappa shape index (κ3) is 5.61. The number of phenols is 1. The number of nitrogens with one attached hydrogen (secondary N) is 1. The number of carboxylic acid groups (broad SMARTS) is 1. The first-order valence-electron chi connectivity index (χ1n) is 9.42. The van der Waals surface area contributed by atoms with Crippen LogP contribution in [0.1, 0.15) is 43.4 Å². The van der Waals surface area contributed by atoms with Crippen molar-refractivity contribution in [1.29, 1.82) is 0 Å². The zero-order valence-corrected chi connectivity index (χ0v) is 20.4. The Morgan fingerprint density at radius 3 is 2.50 bits per heavy atom. The Kier molecular flexibility index (Phi) is 8.87. The molecule has 0 saturated carbocycles. The number of aryl methyl sites for hydroxylation is 2. The van der Waals surface area contributed by atoms with Gasteiger partial charge in [-0.2, -0.15) is 0 Å². The summed E-state index contributed by atoms with van der Waals surface area (Å²) < 4.78 is 7.17. The van der Waals surface area contributed by atoms with Gasteiger partial charge in [-0.3, -0.25) is 4.79 Å². The van der Waals surface area contributed by atoms with Crippen molar-refractivity contribution in [2.45, 2.75) is 39.7 Å². The molecule has 1 aromatic carbocycles. The molecule has 2 aromatic heterocycles. The molecule has 3 rings (SSSR count). The summed E-state index contributed by atoms with van der Waals surface area (Å²) in [6.45, 7) is 4.47. The zero-order valence-electron chi connectivity index (χ0n) is 18.3. The van der Waals surface area contributed by atoms with E-state index in [1.54, 1.807) is 35.0 Å². The van der Waals surface area contributed by atoms with Gasteiger partial charge in [0, 0.05) is 42.9 Å². The van der Waals surface area contributed by atoms with Crippen LogP contribution in [0.25, 0.3) is 11.3 Å². The maximum absolute atomic E-state index is 12.4. The van der Waals surface area contributed by atoms with Gasteiger partial charge in [0.1, 0.15) is 22.8 Å². The van der Waals surface area contributed by atoms with Gasteiger partial charge in [-0.15, -0.1) is 0 Å². The van der Waals surface area contributed by atoms with Gasteiger partial charge in [-0.25, -0.2) is 4.79 Å². The molecule has 3 aromatic rings. The first kappa shape index (κ1) is 24.4. The van der Waals surface area contributed by atoms with Crippen LogP contribution in [-0.4, -0.2) is 31.8 Å². The number of aromatic nitrogens is 2. The summed E-state index contributed by atoms with van der Waals surface area (Å²) in [5.41, 5.74) is 2.76. The van der Waals surface area contributed by atoms with E-state index in [0.717, 1.165) is 11.1 Å². The van der Waals surface area contributed by atoms with E-state index in [9.17, 15) is 19.8 Å². The van der Waals surface area contributed by atoms with Crippen molar-refractivity contribution in [2.24, 2.45) is 0 Å². The number of carbonyl (C=O) groups excluding carboxylic acids is 1. The third-order valence-electron chi connectivity index (χ3n) is 4.69. The van der Waals surface area contributed by atoms with Crippen molar-refractivity contribution >= 4 is 17.6 Å². The molecule has 0 radical (unpaired) electrons. The van der Waals surface area contributed by atoms with Crippen molar-refractivity contribution in [3.8, 4) is 17.0 Å². The third-order valence-corrected chi connectivity index (χ3v) is 4.69. The maximum Gasteiger partial charge on any atom is 1.00 e. The van der Waals surface area contributed by atoms with Crippen molar-refractivity contribution < 1.29 is 77.1 Å². The number of anilines is 1. The largest absolute Gasteiger partial charge is 1.00 e. The minimum absolute atomic E-state index is 0. The topological polar surface area (TPSA) is 118 Å². The quantitative estimate of drug-likeness (QED) is 0.449. The molecule has 0 aliphatic heterocycles. The van der Waals surface area contributed by atoms with Crippen LogP contribution < -0.4 is 56.7 Å². The molecule has 0 spiro atoms. The predicted molar refractivity (Wildman–Crippen MR) is 108 cm³/mol. The summed E-state index contributed by atoms with van der Waals surface area (Å²) >= 11 is 0. The number of benzene rings is 1. The molecule has 0 unspecified atom stereocenters. The monoisotopic (exact) mass is 437 g/mol. The Hall–Kier alpha value is -1.91. The molecule has 3 N–H and O–H groups in total. The zero-order chi connectivity index (χ0) is 21.0. The van der Waals surface area contributed by atoms with E-state index >= 15 is 0 Å². The van der Waals surface area contributed by atoms with E-state index in [1.807, 2.05) is 13.8 Å². The molecule has 0 atom stereocenters. The summed E-state index contributed by atoms with van der Waals surface area (Å²) in [5, 5.41) is 25.5. The second kappa shape index (κ2) is 10.9. The summed E-state index contributed by atoms with van der Waals surface area (Å²) in [4.78, 5) is 23.7. The van der Waals surface area contributed by atoms with Crippen molar-refractivity contribution in [3.63, 3.8) is 0 Å². The second-order valence-corrected chi connectivity index (χ2v) is 6.60. The van der Waals surface area contributed by atoms with Gasteiger partial charge in [-0.1, -0.05) is 12.1 Å². The molecule has 0 aliphatic rings. The molecular weight excluding hydrogens is 413 g/mol. The molecular formula is C21H24KN3O5. The first-order valence-corrected chi connectivity index (χ1v) is 9.42. The van der Waals surface area contributed by atoms with Crippen LogP contribution in [0.2, 0.25) is 0 Å². The number of hydrogen-bond donors (Lipinski definition) is 3. The van der Waals surface area contributed by atoms with Gasteiger partial charge in [0.05, 0.1) is 5.69 Å². The van der Waals surface area contributed by atoms with Crippen molar-refractivity contribution in [1.82, 2.24) is 9.72 Å². The van der Waals surface area contributed by atoms with Gasteiger partial charge >= 0.3 is 57.4 Å². The van der Waals surface area contributed by atoms with Crippen LogP contribution in [0, 0.1) is 0 Å². The van der Waals surface area contributed by atoms with E-state index < -0.39 is 5.97 Å². The Morgan fingerprint density at radius 1 is 1.20 bits per heavy atom. The van der Waals surface area contributed by atoms with Crippen LogP contribution in [0.5, 0.6) is 5.75 Å². The normalized spacial score (nSPS) is 10.5. The molecule has 0 bridgehead atoms. The Bertz CT molecular complexity index is 1030. The molecule has 8 nitrogen and oxygen atoms in total. The Balaban J connectivity index is 0.00000240. The van der Waals surface area contributed by atoms with Gasteiger partial charge in [-0.05, 0) is 37.6 Å². The number of rotatable bonds is 8. The fourth-order valence-corrected chi connectivity index (χ4v) is 3.15. The molecule has 2 heterocycles. The molecule has 1 amide bonds. The average molecular weight is 438 g/mol. The molecule has 9 heteroatoms. The van der Waals surface area contributed by atoms with Gasteiger partial charge in [0.2, 0.25) is 5.91 Å². The number of aromatic hydroxyl groups is 1. The maximum atomic E-state index is 12.4. The van der Waals surface area contributed by atoms with Crippen LogP contribution in [0.15, 0.2) is 41.2 Å². The number of amides is 1. The van der Waals surface area contributed by atoms with Crippen molar-refractivity contribution in [3.05, 3.63) is 53.5 Å². The summed E-state index contributed by atoms with van der Waals surface area (Å²) in [6.07, 6.45) is 4.26. The fourth-order valence-electron chi connectivity index (χ4n) is 3.15. The van der Waals surface area contributed by atoms with Crippen LogP contribution in [0.4, 0.5) is 5.69 Å². The number of aromatic carboxylic acids is 1. The van der Waals surface area contributed by atoms with Crippen LogP contribution in [0.3, 0.4) is 0 Å². The van der Waals surface area contributed by atoms with Crippen LogP contribution in [-0.2, 0) is 24.2 Å². The standard InChI is InChI=1S/C21H23N3O5.K.H/c1-3-15-18(29-23-20(15)13-5-7-14(25)8-6-13)9-10-19(26)22-17-12-24(4-2)11-16(17)21(27)28;;/h5-8,11-12,25H,3-4,9-10H2,1-2H3,(H,22,26)(H,27,28);;/q;+1;-1. The number of carboxylic acids is 1. The minimum atomic E-state index is -1.09. The molecule has 154 valence electrons. The minimum Gasteiger partial charge on any atom is -1.00 e. The number of hydrogen-bond acceptors (Lipinski definition) is 5. The average Bonchev–Trinajstić information content (AvgIpc) is 3.30. The smallest absolute Gasteiger partial charge is 1.00 e. The first-order chi connectivity index (χ1) is 13.9. The molecule has 0 fully saturated rings. The van der Waals surface area contributed by atoms with Gasteiger partial charge in [0.25, 0.3) is 0 Å². The number of carbonyl (C=O) groups is 2. The van der Waals surface area contributed by atoms with Gasteiger partial charge < -0.3 is 26.0 Å². The Morgan fingerprint density at radius 2 is 1.90 bits per heavy atom. The summed E-state index contributed by atoms with van der Waals surface area (Å²) in [6, 6.07) is 6.68. The fraction of sp³-hybridized carbons (Fsp3) is 0.286. The molecule has 0 saturated heterocycles. The summed E-state index contributed by atoms with van der Waals surface area (Å²) in [5.74, 6) is -0.597. The van der Waals surface area contributed by atoms with Crippen LogP contribution >= 0.6 is 0 Å². The van der Waals surface area contributed by atoms with E-state index in [0.29, 0.717) is 30.8 Å².